The number of hydrogen-bond donors (Lipinski definition) is 0. The molecule has 0 aliphatic carbocycles. The number of rotatable bonds is 0. The first kappa shape index (κ1) is 4.49. The quantitative estimate of drug-likeness (QED) is 0.410. The summed E-state index contributed by atoms with van der Waals surface area (Å²) in [7, 11) is 0. The Bertz CT molecular complexity index is 8.00. The van der Waals surface area contributed by atoms with E-state index in [1.807, 2.05) is 0 Å². The molecule has 0 saturated carbocycles. The molecule has 0 aliphatic heterocycles. The minimum atomic E-state index is 0.542. The van der Waals surface area contributed by atoms with Gasteiger partial charge in [-0.05, 0) is 0 Å². The first-order valence-electron chi connectivity index (χ1n) is 0.949. The molecule has 0 radical (unpaired) electrons. The summed E-state index contributed by atoms with van der Waals surface area (Å²) in [5, 5.41) is 0. The molecule has 0 aliphatic rings. The molecular weight excluding hydrogens is 94.7 g/mol. The van der Waals surface area contributed by atoms with Gasteiger partial charge in [0.15, 0.2) is 0 Å². The van der Waals surface area contributed by atoms with Gasteiger partial charge >= 0.3 is 31.1 Å². The van der Waals surface area contributed by atoms with Crippen molar-refractivity contribution in [1.82, 2.24) is 0 Å². The van der Waals surface area contributed by atoms with E-state index >= 15 is 0 Å². The third-order valence-corrected chi connectivity index (χ3v) is 0. The van der Waals surface area contributed by atoms with Crippen LogP contribution in [0.5, 0.6) is 0 Å². The average molecular weight is 104 g/mol. The Morgan fingerprint density at radius 2 is 1.00 bits per heavy atom. The summed E-state index contributed by atoms with van der Waals surface area (Å²) in [4.78, 5) is 0. The fourth-order valence-electron chi connectivity index (χ4n) is 0. The Hall–Kier alpha value is 0.494. The van der Waals surface area contributed by atoms with Crippen LogP contribution in [0.15, 0.2) is 0 Å². The van der Waals surface area contributed by atoms with Crippen molar-refractivity contribution in [2.24, 2.45) is 0 Å². The zero-order valence-electron chi connectivity index (χ0n) is 3.32. The van der Waals surface area contributed by atoms with Crippen molar-refractivity contribution in [2.45, 2.75) is 17.7 Å². The molecule has 31 valence electrons. The van der Waals surface area contributed by atoms with Crippen LogP contribution in [0.3, 0.4) is 0 Å². The maximum atomic E-state index is 2.21. The van der Waals surface area contributed by atoms with Gasteiger partial charge in [0, 0.05) is 0 Å². The monoisotopic (exact) mass is 103 g/mol. The van der Waals surface area contributed by atoms with Crippen LogP contribution in [0, 0.1) is 0 Å². The summed E-state index contributed by atoms with van der Waals surface area (Å²) < 4.78 is 0. The SMILES string of the molecule is [CH3][Ni]([CH3])[CH3]. The summed E-state index contributed by atoms with van der Waals surface area (Å²) in [6.07, 6.45) is 0. The van der Waals surface area contributed by atoms with Crippen molar-refractivity contribution in [3.63, 3.8) is 0 Å². The summed E-state index contributed by atoms with van der Waals surface area (Å²) in [6, 6.07) is 0. The zero-order valence-corrected chi connectivity index (χ0v) is 4.30. The van der Waals surface area contributed by atoms with Gasteiger partial charge in [-0.1, -0.05) is 0 Å². The molecule has 0 bridgehead atoms. The van der Waals surface area contributed by atoms with E-state index in [2.05, 4.69) is 17.7 Å². The second-order valence-corrected chi connectivity index (χ2v) is 3.91. The molecule has 0 N–H and O–H groups in total. The molecule has 4 heavy (non-hydrogen) atoms. The second kappa shape index (κ2) is 1.78. The van der Waals surface area contributed by atoms with Crippen LogP contribution in [0.2, 0.25) is 17.7 Å². The van der Waals surface area contributed by atoms with E-state index in [0.29, 0.717) is 13.4 Å². The molecule has 0 fully saturated rings. The van der Waals surface area contributed by atoms with E-state index in [1.165, 1.54) is 0 Å². The molecule has 0 aromatic rings. The van der Waals surface area contributed by atoms with E-state index in [-0.39, 0.29) is 0 Å². The van der Waals surface area contributed by atoms with Crippen molar-refractivity contribution in [2.75, 3.05) is 0 Å². The standard InChI is InChI=1S/3CH3.Ni/h3*1H3;. The van der Waals surface area contributed by atoms with Crippen LogP contribution in [0.4, 0.5) is 0 Å². The fraction of sp³-hybridized carbons (Fsp3) is 1.00. The molecule has 0 saturated heterocycles. The molecule has 0 aromatic carbocycles. The van der Waals surface area contributed by atoms with Crippen molar-refractivity contribution in [1.29, 1.82) is 0 Å². The van der Waals surface area contributed by atoms with Gasteiger partial charge in [-0.2, -0.15) is 0 Å². The van der Waals surface area contributed by atoms with Crippen molar-refractivity contribution >= 4 is 0 Å². The summed E-state index contributed by atoms with van der Waals surface area (Å²) in [5.74, 6) is 6.62. The van der Waals surface area contributed by atoms with Crippen LogP contribution < -0.4 is 0 Å². The summed E-state index contributed by atoms with van der Waals surface area (Å²) in [5.41, 5.74) is 0. The molecule has 0 unspecified atom stereocenters. The zero-order chi connectivity index (χ0) is 3.58. The first-order chi connectivity index (χ1) is 1.73. The molecule has 0 rings (SSSR count). The van der Waals surface area contributed by atoms with E-state index in [0.717, 1.165) is 0 Å². The molecule has 0 spiro atoms. The Balaban J connectivity index is 2.32. The van der Waals surface area contributed by atoms with E-state index in [4.69, 9.17) is 0 Å². The Morgan fingerprint density at radius 3 is 1.00 bits per heavy atom. The Morgan fingerprint density at radius 1 is 1.00 bits per heavy atom. The van der Waals surface area contributed by atoms with Gasteiger partial charge in [0.05, 0.1) is 0 Å². The first-order valence-corrected chi connectivity index (χ1v) is 3.91. The van der Waals surface area contributed by atoms with Crippen LogP contribution in [-0.2, 0) is 13.4 Å². The third-order valence-electron chi connectivity index (χ3n) is 0. The third kappa shape index (κ3) is 22.8. The molecule has 0 aromatic heterocycles. The maximum absolute atomic E-state index is 2.21. The molecule has 1 heteroatoms. The minimum absolute atomic E-state index is 0.542. The number of hydrogen-bond acceptors (Lipinski definition) is 0. The van der Waals surface area contributed by atoms with Gasteiger partial charge in [-0.15, -0.1) is 0 Å². The van der Waals surface area contributed by atoms with Gasteiger partial charge < -0.3 is 0 Å². The van der Waals surface area contributed by atoms with E-state index < -0.39 is 0 Å². The van der Waals surface area contributed by atoms with Crippen LogP contribution >= 0.6 is 0 Å². The van der Waals surface area contributed by atoms with Gasteiger partial charge in [-0.25, -0.2) is 0 Å². The normalized spacial score (nSPS) is 11.2. The summed E-state index contributed by atoms with van der Waals surface area (Å²) in [6.45, 7) is 0. The molecule has 0 nitrogen and oxygen atoms in total. The van der Waals surface area contributed by atoms with Crippen LogP contribution in [0.1, 0.15) is 0 Å². The molecular formula is C3H9Ni. The van der Waals surface area contributed by atoms with Crippen LogP contribution in [-0.4, -0.2) is 0 Å². The predicted molar refractivity (Wildman–Crippen MR) is 17.6 cm³/mol. The van der Waals surface area contributed by atoms with Crippen molar-refractivity contribution in [3.8, 4) is 0 Å². The van der Waals surface area contributed by atoms with E-state index in [9.17, 15) is 0 Å². The molecule has 0 heterocycles. The fourth-order valence-corrected chi connectivity index (χ4v) is 0. The Kier molecular flexibility index (Phi) is 2.00. The molecule has 0 atom stereocenters. The van der Waals surface area contributed by atoms with Gasteiger partial charge in [-0.3, -0.25) is 0 Å². The van der Waals surface area contributed by atoms with E-state index in [1.54, 1.807) is 0 Å². The molecule has 0 amide bonds. The Labute approximate surface area is 31.8 Å². The van der Waals surface area contributed by atoms with Gasteiger partial charge in [0.25, 0.3) is 0 Å². The van der Waals surface area contributed by atoms with Gasteiger partial charge in [0.1, 0.15) is 0 Å². The van der Waals surface area contributed by atoms with Gasteiger partial charge in [0.2, 0.25) is 0 Å². The topological polar surface area (TPSA) is 0 Å². The van der Waals surface area contributed by atoms with Crippen molar-refractivity contribution < 1.29 is 13.4 Å². The van der Waals surface area contributed by atoms with Crippen LogP contribution in [0.25, 0.3) is 0 Å². The average Bonchev–Trinajstić information content (AvgIpc) is 0.811. The predicted octanol–water partition coefficient (Wildman–Crippen LogP) is 1.75. The summed E-state index contributed by atoms with van der Waals surface area (Å²) >= 11 is 0.542. The second-order valence-electron chi connectivity index (χ2n) is 0.949. The van der Waals surface area contributed by atoms with Crippen molar-refractivity contribution in [3.05, 3.63) is 0 Å².